The smallest absolute Gasteiger partial charge is 0.237 e. The molecule has 0 radical (unpaired) electrons. The molecule has 0 rings (SSSR count). The molecule has 48 valence electrons. The van der Waals surface area contributed by atoms with Gasteiger partial charge in [0.25, 0.3) is 0 Å². The van der Waals surface area contributed by atoms with Crippen LogP contribution in [-0.4, -0.2) is 17.1 Å². The number of nitrogens with zero attached hydrogens (tertiary/aromatic N) is 3. The van der Waals surface area contributed by atoms with Crippen LogP contribution in [0, 0.1) is 16.2 Å². The van der Waals surface area contributed by atoms with Gasteiger partial charge >= 0.3 is 0 Å². The van der Waals surface area contributed by atoms with Gasteiger partial charge in [-0.15, -0.1) is 4.91 Å². The molecule has 6 nitrogen and oxygen atoms in total. The Morgan fingerprint density at radius 1 is 1.89 bits per heavy atom. The Balaban J connectivity index is 4.16. The molecular formula is C3H4N4O2. The quantitative estimate of drug-likeness (QED) is 0.170. The summed E-state index contributed by atoms with van der Waals surface area (Å²) in [7, 11) is 0. The third-order valence-corrected chi connectivity index (χ3v) is 0.623. The van der Waals surface area contributed by atoms with Gasteiger partial charge in [0.15, 0.2) is 5.84 Å². The average molecular weight is 128 g/mol. The van der Waals surface area contributed by atoms with Gasteiger partial charge in [0.2, 0.25) is 6.04 Å². The van der Waals surface area contributed by atoms with Gasteiger partial charge in [-0.3, -0.25) is 0 Å². The maximum absolute atomic E-state index is 9.59. The number of hydrogen-bond donors (Lipinski definition) is 2. The lowest BCUT2D eigenvalue weighted by molar-refractivity contribution is 0.317. The average Bonchev–Trinajstić information content (AvgIpc) is 1.90. The number of hydrogen-bond acceptors (Lipinski definition) is 5. The summed E-state index contributed by atoms with van der Waals surface area (Å²) >= 11 is 0. The molecule has 3 N–H and O–H groups in total. The fourth-order valence-corrected chi connectivity index (χ4v) is 0.198. The SMILES string of the molecule is N#CC(N=O)C(N)=NO. The topological polar surface area (TPSA) is 112 Å². The number of nitrogens with two attached hydrogens (primary N) is 1. The highest BCUT2D eigenvalue weighted by atomic mass is 16.4. The number of rotatable bonds is 2. The second-order valence-electron chi connectivity index (χ2n) is 1.16. The fourth-order valence-electron chi connectivity index (χ4n) is 0.198. The first-order valence-electron chi connectivity index (χ1n) is 1.95. The minimum atomic E-state index is -1.38. The number of nitroso groups, excluding NO2 is 1. The molecule has 1 atom stereocenters. The molecule has 0 aromatic heterocycles. The van der Waals surface area contributed by atoms with Crippen molar-refractivity contribution in [2.24, 2.45) is 16.1 Å². The molecule has 0 saturated heterocycles. The molecule has 9 heavy (non-hydrogen) atoms. The van der Waals surface area contributed by atoms with Crippen LogP contribution in [0.15, 0.2) is 10.3 Å². The van der Waals surface area contributed by atoms with Gasteiger partial charge in [0.05, 0.1) is 0 Å². The van der Waals surface area contributed by atoms with E-state index in [1.807, 2.05) is 0 Å². The zero-order valence-electron chi connectivity index (χ0n) is 4.35. The number of nitriles is 1. The van der Waals surface area contributed by atoms with Gasteiger partial charge in [0.1, 0.15) is 6.07 Å². The molecule has 0 heterocycles. The van der Waals surface area contributed by atoms with Gasteiger partial charge in [-0.25, -0.2) is 0 Å². The third kappa shape index (κ3) is 1.73. The van der Waals surface area contributed by atoms with Crippen LogP contribution in [0.25, 0.3) is 0 Å². The lowest BCUT2D eigenvalue weighted by Crippen LogP contribution is -2.25. The molecule has 0 amide bonds. The molecule has 6 heteroatoms. The van der Waals surface area contributed by atoms with Crippen LogP contribution in [0.1, 0.15) is 0 Å². The summed E-state index contributed by atoms with van der Waals surface area (Å²) in [5.74, 6) is -0.493. The summed E-state index contributed by atoms with van der Waals surface area (Å²) < 4.78 is 0. The van der Waals surface area contributed by atoms with Gasteiger partial charge in [-0.1, -0.05) is 5.16 Å². The largest absolute Gasteiger partial charge is 0.409 e. The normalized spacial score (nSPS) is 13.9. The van der Waals surface area contributed by atoms with Gasteiger partial charge in [-0.05, 0) is 5.18 Å². The Bertz CT molecular complexity index is 169. The molecule has 0 aliphatic heterocycles. The van der Waals surface area contributed by atoms with Gasteiger partial charge in [0, 0.05) is 0 Å². The van der Waals surface area contributed by atoms with Crippen molar-refractivity contribution in [1.29, 1.82) is 5.26 Å². The van der Waals surface area contributed by atoms with Crippen molar-refractivity contribution in [2.75, 3.05) is 0 Å². The Labute approximate surface area is 50.5 Å². The molecule has 0 fully saturated rings. The van der Waals surface area contributed by atoms with E-state index < -0.39 is 11.9 Å². The van der Waals surface area contributed by atoms with E-state index in [4.69, 9.17) is 16.2 Å². The van der Waals surface area contributed by atoms with Crippen molar-refractivity contribution in [1.82, 2.24) is 0 Å². The third-order valence-electron chi connectivity index (χ3n) is 0.623. The van der Waals surface area contributed by atoms with Crippen molar-refractivity contribution in [3.8, 4) is 6.07 Å². The maximum Gasteiger partial charge on any atom is 0.237 e. The number of oxime groups is 1. The number of amidine groups is 1. The summed E-state index contributed by atoms with van der Waals surface area (Å²) in [6.45, 7) is 0. The lowest BCUT2D eigenvalue weighted by atomic mass is 10.3. The van der Waals surface area contributed by atoms with Crippen LogP contribution in [0.5, 0.6) is 0 Å². The molecular weight excluding hydrogens is 124 g/mol. The predicted molar refractivity (Wildman–Crippen MR) is 28.6 cm³/mol. The van der Waals surface area contributed by atoms with E-state index in [1.165, 1.54) is 6.07 Å². The van der Waals surface area contributed by atoms with Crippen molar-refractivity contribution in [3.05, 3.63) is 4.91 Å². The standard InChI is InChI=1S/C3H4N4O2/c4-1-2(6-8)3(5)7-9/h2,9H,(H2,5,7). The highest BCUT2D eigenvalue weighted by molar-refractivity contribution is 5.87. The van der Waals surface area contributed by atoms with Crippen LogP contribution in [0.4, 0.5) is 0 Å². The first-order valence-corrected chi connectivity index (χ1v) is 1.95. The first kappa shape index (κ1) is 7.36. The van der Waals surface area contributed by atoms with Crippen molar-refractivity contribution >= 4 is 5.84 Å². The van der Waals surface area contributed by atoms with E-state index >= 15 is 0 Å². The summed E-state index contributed by atoms with van der Waals surface area (Å²) in [4.78, 5) is 9.59. The Morgan fingerprint density at radius 2 is 2.44 bits per heavy atom. The van der Waals surface area contributed by atoms with Crippen LogP contribution in [-0.2, 0) is 0 Å². The molecule has 1 unspecified atom stereocenters. The molecule has 0 bridgehead atoms. The summed E-state index contributed by atoms with van der Waals surface area (Å²) in [6, 6.07) is 0.0278. The van der Waals surface area contributed by atoms with E-state index in [2.05, 4.69) is 10.3 Å². The van der Waals surface area contributed by atoms with Gasteiger partial charge in [-0.2, -0.15) is 5.26 Å². The maximum atomic E-state index is 9.59. The molecule has 0 spiro atoms. The summed E-state index contributed by atoms with van der Waals surface area (Å²) in [5.41, 5.74) is 4.82. The van der Waals surface area contributed by atoms with Gasteiger partial charge < -0.3 is 10.9 Å². The van der Waals surface area contributed by atoms with Crippen LogP contribution in [0.2, 0.25) is 0 Å². The van der Waals surface area contributed by atoms with Crippen LogP contribution >= 0.6 is 0 Å². The van der Waals surface area contributed by atoms with Crippen molar-refractivity contribution in [3.63, 3.8) is 0 Å². The van der Waals surface area contributed by atoms with Crippen molar-refractivity contribution in [2.45, 2.75) is 6.04 Å². The Morgan fingerprint density at radius 3 is 2.56 bits per heavy atom. The van der Waals surface area contributed by atoms with E-state index in [9.17, 15) is 4.91 Å². The second kappa shape index (κ2) is 3.37. The van der Waals surface area contributed by atoms with E-state index in [0.717, 1.165) is 0 Å². The predicted octanol–water partition coefficient (Wildman–Crippen LogP) is -0.609. The second-order valence-corrected chi connectivity index (χ2v) is 1.16. The minimum Gasteiger partial charge on any atom is -0.409 e. The molecule has 0 aromatic rings. The van der Waals surface area contributed by atoms with Crippen molar-refractivity contribution < 1.29 is 5.21 Å². The lowest BCUT2D eigenvalue weighted by Gasteiger charge is -1.92. The molecule has 0 aliphatic carbocycles. The Hall–Kier alpha value is -1.64. The summed E-state index contributed by atoms with van der Waals surface area (Å²) in [5, 5.41) is 20.6. The van der Waals surface area contributed by atoms with E-state index in [1.54, 1.807) is 0 Å². The van der Waals surface area contributed by atoms with Crippen LogP contribution in [0.3, 0.4) is 0 Å². The zero-order valence-corrected chi connectivity index (χ0v) is 4.35. The highest BCUT2D eigenvalue weighted by Crippen LogP contribution is 1.85. The highest BCUT2D eigenvalue weighted by Gasteiger charge is 2.11. The van der Waals surface area contributed by atoms with Crippen LogP contribution < -0.4 is 5.73 Å². The molecule has 0 saturated carbocycles. The molecule has 0 aliphatic rings. The fraction of sp³-hybridized carbons (Fsp3) is 0.333. The molecule has 0 aromatic carbocycles. The zero-order chi connectivity index (χ0) is 7.28. The van der Waals surface area contributed by atoms with E-state index in [-0.39, 0.29) is 0 Å². The summed E-state index contributed by atoms with van der Waals surface area (Å²) in [6.07, 6.45) is 0. The van der Waals surface area contributed by atoms with E-state index in [0.29, 0.717) is 0 Å². The Kier molecular flexibility index (Phi) is 2.76. The minimum absolute atomic E-state index is 0.493. The first-order chi connectivity index (χ1) is 4.26. The monoisotopic (exact) mass is 128 g/mol.